The van der Waals surface area contributed by atoms with Gasteiger partial charge in [0.15, 0.2) is 11.5 Å². The zero-order valence-electron chi connectivity index (χ0n) is 21.5. The molecule has 0 atom stereocenters. The van der Waals surface area contributed by atoms with Crippen LogP contribution in [0, 0.1) is 0 Å². The molecule has 38 heavy (non-hydrogen) atoms. The van der Waals surface area contributed by atoms with Gasteiger partial charge in [0, 0.05) is 42.5 Å². The molecule has 1 fully saturated rings. The Hall–Kier alpha value is -4.37. The van der Waals surface area contributed by atoms with Crippen LogP contribution in [0.1, 0.15) is 41.6 Å². The summed E-state index contributed by atoms with van der Waals surface area (Å²) < 4.78 is 13.5. The van der Waals surface area contributed by atoms with E-state index in [1.54, 1.807) is 37.6 Å². The minimum atomic E-state index is -0.244. The van der Waals surface area contributed by atoms with Crippen LogP contribution in [0.4, 0.5) is 10.6 Å². The monoisotopic (exact) mass is 513 g/mol. The van der Waals surface area contributed by atoms with Gasteiger partial charge >= 0.3 is 6.03 Å². The van der Waals surface area contributed by atoms with E-state index in [4.69, 9.17) is 9.47 Å². The van der Waals surface area contributed by atoms with Gasteiger partial charge in [0.25, 0.3) is 5.91 Å². The van der Waals surface area contributed by atoms with Gasteiger partial charge in [-0.2, -0.15) is 0 Å². The maximum Gasteiger partial charge on any atom is 0.325 e. The van der Waals surface area contributed by atoms with Crippen LogP contribution in [-0.2, 0) is 0 Å². The van der Waals surface area contributed by atoms with Crippen LogP contribution >= 0.6 is 0 Å². The third-order valence-corrected chi connectivity index (χ3v) is 6.67. The van der Waals surface area contributed by atoms with E-state index in [1.807, 2.05) is 43.3 Å². The van der Waals surface area contributed by atoms with E-state index in [0.29, 0.717) is 46.7 Å². The van der Waals surface area contributed by atoms with Crippen molar-refractivity contribution < 1.29 is 19.1 Å². The minimum Gasteiger partial charge on any atom is -0.490 e. The Morgan fingerprint density at radius 3 is 2.58 bits per heavy atom. The van der Waals surface area contributed by atoms with Gasteiger partial charge < -0.3 is 25.4 Å². The minimum absolute atomic E-state index is 0.238. The molecule has 2 amide bonds. The lowest BCUT2D eigenvalue weighted by atomic mass is 9.90. The van der Waals surface area contributed by atoms with Crippen molar-refractivity contribution in [2.45, 2.75) is 25.7 Å². The van der Waals surface area contributed by atoms with Gasteiger partial charge in [0.1, 0.15) is 11.6 Å². The first-order valence-corrected chi connectivity index (χ1v) is 12.8. The largest absolute Gasteiger partial charge is 0.490 e. The first-order chi connectivity index (χ1) is 18.6. The van der Waals surface area contributed by atoms with Crippen molar-refractivity contribution in [3.63, 3.8) is 0 Å². The highest BCUT2D eigenvalue weighted by Crippen LogP contribution is 2.36. The smallest absolute Gasteiger partial charge is 0.325 e. The van der Waals surface area contributed by atoms with Crippen molar-refractivity contribution in [2.75, 3.05) is 32.1 Å². The van der Waals surface area contributed by atoms with Crippen molar-refractivity contribution in [1.82, 2.24) is 20.2 Å². The third kappa shape index (κ3) is 5.47. The third-order valence-electron chi connectivity index (χ3n) is 6.67. The van der Waals surface area contributed by atoms with Crippen molar-refractivity contribution in [1.29, 1.82) is 0 Å². The van der Waals surface area contributed by atoms with Crippen molar-refractivity contribution in [2.24, 2.45) is 0 Å². The number of benzene rings is 2. The van der Waals surface area contributed by atoms with Gasteiger partial charge in [0.05, 0.1) is 12.1 Å². The number of nitrogens with one attached hydrogen (secondary N) is 3. The number of amides is 2. The van der Waals surface area contributed by atoms with E-state index in [2.05, 4.69) is 20.9 Å². The molecule has 0 spiro atoms. The molecule has 0 aliphatic carbocycles. The number of hydrogen-bond donors (Lipinski definition) is 3. The van der Waals surface area contributed by atoms with Crippen molar-refractivity contribution in [3.05, 3.63) is 78.1 Å². The molecule has 2 aromatic carbocycles. The van der Waals surface area contributed by atoms with E-state index >= 15 is 0 Å². The average Bonchev–Trinajstić information content (AvgIpc) is 3.36. The van der Waals surface area contributed by atoms with E-state index in [-0.39, 0.29) is 11.9 Å². The first-order valence-electron chi connectivity index (χ1n) is 12.8. The number of carbonyl (C=O) groups is 2. The first kappa shape index (κ1) is 25.3. The van der Waals surface area contributed by atoms with Gasteiger partial charge in [-0.25, -0.2) is 9.78 Å². The second-order valence-electron chi connectivity index (χ2n) is 9.11. The molecule has 2 aromatic heterocycles. The molecular formula is C29H31N5O4. The highest BCUT2D eigenvalue weighted by Gasteiger charge is 2.17. The lowest BCUT2D eigenvalue weighted by Crippen LogP contribution is -2.26. The maximum absolute atomic E-state index is 12.9. The van der Waals surface area contributed by atoms with Gasteiger partial charge in [0.2, 0.25) is 0 Å². The summed E-state index contributed by atoms with van der Waals surface area (Å²) in [6.07, 6.45) is 5.49. The second kappa shape index (κ2) is 11.4. The summed E-state index contributed by atoms with van der Waals surface area (Å²) in [4.78, 5) is 29.3. The molecule has 0 saturated carbocycles. The maximum atomic E-state index is 12.9. The fourth-order valence-corrected chi connectivity index (χ4v) is 4.71. The summed E-state index contributed by atoms with van der Waals surface area (Å²) in [5.41, 5.74) is 2.54. The zero-order valence-corrected chi connectivity index (χ0v) is 21.5. The van der Waals surface area contributed by atoms with E-state index < -0.39 is 0 Å². The van der Waals surface area contributed by atoms with Crippen LogP contribution in [0.25, 0.3) is 10.9 Å². The highest BCUT2D eigenvalue weighted by molar-refractivity contribution is 6.03. The molecule has 3 heterocycles. The predicted octanol–water partition coefficient (Wildman–Crippen LogP) is 5.13. The summed E-state index contributed by atoms with van der Waals surface area (Å²) in [6.45, 7) is 4.36. The number of rotatable bonds is 7. The number of carbonyl (C=O) groups excluding carboxylic acids is 2. The topological polar surface area (TPSA) is 107 Å². The average molecular weight is 514 g/mol. The zero-order chi connectivity index (χ0) is 26.5. The predicted molar refractivity (Wildman–Crippen MR) is 147 cm³/mol. The van der Waals surface area contributed by atoms with Crippen molar-refractivity contribution >= 4 is 28.7 Å². The molecule has 1 aliphatic rings. The van der Waals surface area contributed by atoms with Crippen LogP contribution in [0.15, 0.2) is 67.0 Å². The molecule has 5 rings (SSSR count). The summed E-state index contributed by atoms with van der Waals surface area (Å²) in [5, 5.41) is 9.68. The number of hydrogen-bond acceptors (Lipinski definition) is 6. The quantitative estimate of drug-likeness (QED) is 0.316. The van der Waals surface area contributed by atoms with Crippen LogP contribution in [0.3, 0.4) is 0 Å². The number of piperidine rings is 1. The Morgan fingerprint density at radius 2 is 1.84 bits per heavy atom. The molecule has 1 aliphatic heterocycles. The van der Waals surface area contributed by atoms with Crippen LogP contribution in [0.5, 0.6) is 17.2 Å². The molecule has 9 nitrogen and oxygen atoms in total. The highest BCUT2D eigenvalue weighted by atomic mass is 16.5. The summed E-state index contributed by atoms with van der Waals surface area (Å²) in [5.74, 6) is 2.15. The van der Waals surface area contributed by atoms with Gasteiger partial charge in [-0.1, -0.05) is 12.1 Å². The SMILES string of the molecule is CCOc1cc2c(ccn2C(=O)NC)cc1Oc1ccnc(NC(=O)c2ccc(C3CCNCC3)cc2)c1. The van der Waals surface area contributed by atoms with E-state index in [9.17, 15) is 9.59 Å². The number of anilines is 1. The Morgan fingerprint density at radius 1 is 1.05 bits per heavy atom. The van der Waals surface area contributed by atoms with Gasteiger partial charge in [-0.05, 0) is 74.7 Å². The summed E-state index contributed by atoms with van der Waals surface area (Å²) >= 11 is 0. The Bertz CT molecular complexity index is 1440. The molecule has 0 unspecified atom stereocenters. The lowest BCUT2D eigenvalue weighted by molar-refractivity contribution is 0.102. The molecule has 0 bridgehead atoms. The molecule has 4 aromatic rings. The van der Waals surface area contributed by atoms with Crippen LogP contribution < -0.4 is 25.4 Å². The number of nitrogens with zero attached hydrogens (tertiary/aromatic N) is 2. The summed E-state index contributed by atoms with van der Waals surface area (Å²) in [6, 6.07) is 16.4. The lowest BCUT2D eigenvalue weighted by Gasteiger charge is -2.23. The molecule has 1 saturated heterocycles. The van der Waals surface area contributed by atoms with Gasteiger partial charge in [-0.15, -0.1) is 0 Å². The Labute approximate surface area is 221 Å². The van der Waals surface area contributed by atoms with Gasteiger partial charge in [-0.3, -0.25) is 9.36 Å². The van der Waals surface area contributed by atoms with E-state index in [0.717, 1.165) is 31.3 Å². The van der Waals surface area contributed by atoms with Crippen molar-refractivity contribution in [3.8, 4) is 17.2 Å². The van der Waals surface area contributed by atoms with E-state index in [1.165, 1.54) is 10.1 Å². The molecule has 0 radical (unpaired) electrons. The molecule has 196 valence electrons. The van der Waals surface area contributed by atoms with Crippen LogP contribution in [0.2, 0.25) is 0 Å². The molecule has 3 N–H and O–H groups in total. The number of aromatic nitrogens is 2. The number of ether oxygens (including phenoxy) is 2. The number of pyridine rings is 1. The Kier molecular flexibility index (Phi) is 7.55. The second-order valence-corrected chi connectivity index (χ2v) is 9.11. The summed E-state index contributed by atoms with van der Waals surface area (Å²) in [7, 11) is 1.58. The number of fused-ring (bicyclic) bond motifs is 1. The molecular weight excluding hydrogens is 482 g/mol. The fourth-order valence-electron chi connectivity index (χ4n) is 4.71. The normalized spacial score (nSPS) is 13.7. The standard InChI is InChI=1S/C29H31N5O4/c1-3-37-25-18-24-22(11-15-34(24)29(36)30-2)16-26(25)38-23-10-14-32-27(17-23)33-28(35)21-6-4-19(5-7-21)20-8-12-31-13-9-20/h4-7,10-11,14-18,20,31H,3,8-9,12-13H2,1-2H3,(H,30,36)(H,32,33,35). The Balaban J connectivity index is 1.32. The fraction of sp³-hybridized carbons (Fsp3) is 0.276. The van der Waals surface area contributed by atoms with Crippen LogP contribution in [-0.4, -0.2) is 48.2 Å². The molecule has 9 heteroatoms.